The van der Waals surface area contributed by atoms with Gasteiger partial charge in [-0.2, -0.15) is 0 Å². The molecule has 260 valence electrons. The second kappa shape index (κ2) is 18.8. The second-order valence-corrected chi connectivity index (χ2v) is 15.4. The molecular weight excluding hydrogens is 740 g/mol. The van der Waals surface area contributed by atoms with Crippen molar-refractivity contribution in [3.05, 3.63) is 39.0 Å². The monoisotopic (exact) mass is 790 g/mol. The SMILES string of the molecule is C.C.CC(C)(C)OC(=O)N1CCC([C@H]2C[C@H]2CO)CC1.Clc1ncc(Br)cn1.OC[C@@H]1C[C@@H]1C1CCN(c2ncc(Br)cn2)CC1. The van der Waals surface area contributed by atoms with E-state index in [1.807, 2.05) is 25.7 Å². The normalized spacial score (nSPS) is 24.2. The van der Waals surface area contributed by atoms with E-state index in [-0.39, 0.29) is 26.2 Å². The first-order valence-corrected chi connectivity index (χ1v) is 17.5. The van der Waals surface area contributed by atoms with E-state index in [9.17, 15) is 4.79 Å². The third kappa shape index (κ3) is 12.8. The van der Waals surface area contributed by atoms with Gasteiger partial charge in [-0.05, 0) is 138 Å². The van der Waals surface area contributed by atoms with Gasteiger partial charge in [-0.1, -0.05) is 14.9 Å². The standard InChI is InChI=1S/C14H25NO3.C13H18BrN3O.C4H2BrClN2.2CH4/c1-14(2,3)18-13(17)15-6-4-10(5-7-15)12-8-11(12)9-16;14-11-6-15-13(16-7-11)17-3-1-9(2-4-17)12-5-10(12)8-18;5-3-1-7-4(6)8-2-3;;/h10-12,16H,4-9H2,1-3H3;6-7,9-10,12,18H,1-5,8H2;1-2H;2*1H4/t11-,12+;10-,12+;;;/m00.../s1. The van der Waals surface area contributed by atoms with Gasteiger partial charge in [-0.25, -0.2) is 24.7 Å². The molecule has 2 aromatic heterocycles. The lowest BCUT2D eigenvalue weighted by molar-refractivity contribution is 0.0172. The van der Waals surface area contributed by atoms with Gasteiger partial charge in [-0.15, -0.1) is 0 Å². The zero-order valence-corrected chi connectivity index (χ0v) is 29.7. The van der Waals surface area contributed by atoms with Gasteiger partial charge in [0.15, 0.2) is 0 Å². The molecule has 2 saturated heterocycles. The molecule has 4 fully saturated rings. The lowest BCUT2D eigenvalue weighted by atomic mass is 9.91. The molecule has 1 amide bonds. The molecule has 6 rings (SSSR count). The van der Waals surface area contributed by atoms with Gasteiger partial charge in [0.2, 0.25) is 11.2 Å². The van der Waals surface area contributed by atoms with Crippen LogP contribution in [0.1, 0.15) is 74.1 Å². The molecule has 2 aliphatic carbocycles. The van der Waals surface area contributed by atoms with Crippen LogP contribution >= 0.6 is 43.5 Å². The number of ether oxygens (including phenoxy) is 1. The number of hydrogen-bond donors (Lipinski definition) is 2. The average molecular weight is 793 g/mol. The Bertz CT molecular complexity index is 1150. The molecule has 2 aliphatic heterocycles. The number of likely N-dealkylation sites (tertiary alicyclic amines) is 1. The van der Waals surface area contributed by atoms with Crippen molar-refractivity contribution in [1.29, 1.82) is 0 Å². The van der Waals surface area contributed by atoms with Crippen LogP contribution < -0.4 is 4.90 Å². The minimum absolute atomic E-state index is 0. The van der Waals surface area contributed by atoms with E-state index in [0.29, 0.717) is 36.9 Å². The van der Waals surface area contributed by atoms with Crippen molar-refractivity contribution >= 4 is 55.5 Å². The molecule has 4 aliphatic rings. The quantitative estimate of drug-likeness (QED) is 0.296. The summed E-state index contributed by atoms with van der Waals surface area (Å²) in [5, 5.41) is 18.5. The summed E-state index contributed by atoms with van der Waals surface area (Å²) in [7, 11) is 0. The van der Waals surface area contributed by atoms with E-state index >= 15 is 0 Å². The van der Waals surface area contributed by atoms with Crippen LogP contribution in [0.15, 0.2) is 33.7 Å². The fraction of sp³-hybridized carbons (Fsp3) is 0.727. The summed E-state index contributed by atoms with van der Waals surface area (Å²) in [5.41, 5.74) is -0.410. The molecule has 2 aromatic rings. The zero-order valence-electron chi connectivity index (χ0n) is 25.8. The summed E-state index contributed by atoms with van der Waals surface area (Å²) in [5.74, 6) is 4.94. The number of aliphatic hydroxyl groups excluding tert-OH is 2. The Kier molecular flexibility index (Phi) is 16.6. The maximum atomic E-state index is 11.9. The Morgan fingerprint density at radius 3 is 1.61 bits per heavy atom. The van der Waals surface area contributed by atoms with E-state index in [2.05, 4.69) is 56.7 Å². The van der Waals surface area contributed by atoms with Gasteiger partial charge in [0.25, 0.3) is 0 Å². The predicted molar refractivity (Wildman–Crippen MR) is 191 cm³/mol. The molecule has 46 heavy (non-hydrogen) atoms. The maximum absolute atomic E-state index is 11.9. The average Bonchev–Trinajstić information content (AvgIpc) is 3.94. The van der Waals surface area contributed by atoms with E-state index in [4.69, 9.17) is 26.6 Å². The van der Waals surface area contributed by atoms with Crippen molar-refractivity contribution in [3.8, 4) is 0 Å². The van der Waals surface area contributed by atoms with Crippen LogP contribution in [-0.2, 0) is 4.74 Å². The van der Waals surface area contributed by atoms with Gasteiger partial charge in [0, 0.05) is 64.2 Å². The number of carbonyl (C=O) groups excluding carboxylic acids is 1. The van der Waals surface area contributed by atoms with Crippen LogP contribution in [0.25, 0.3) is 0 Å². The van der Waals surface area contributed by atoms with Crippen molar-refractivity contribution in [2.75, 3.05) is 44.3 Å². The fourth-order valence-corrected chi connectivity index (χ4v) is 6.75. The van der Waals surface area contributed by atoms with Crippen LogP contribution in [0.3, 0.4) is 0 Å². The summed E-state index contributed by atoms with van der Waals surface area (Å²) in [6, 6.07) is 0. The third-order valence-electron chi connectivity index (χ3n) is 8.84. The molecular formula is C33H53Br2ClN6O4. The molecule has 0 radical (unpaired) electrons. The lowest BCUT2D eigenvalue weighted by Crippen LogP contribution is -2.42. The molecule has 0 spiro atoms. The number of nitrogens with zero attached hydrogens (tertiary/aromatic N) is 6. The van der Waals surface area contributed by atoms with Crippen molar-refractivity contribution < 1.29 is 19.7 Å². The van der Waals surface area contributed by atoms with E-state index in [1.54, 1.807) is 24.8 Å². The number of aliphatic hydroxyl groups is 2. The number of piperidine rings is 2. The third-order valence-corrected chi connectivity index (χ3v) is 9.86. The van der Waals surface area contributed by atoms with Crippen molar-refractivity contribution in [2.45, 2.75) is 79.8 Å². The Hall–Kier alpha value is -1.60. The Morgan fingerprint density at radius 2 is 1.24 bits per heavy atom. The first-order chi connectivity index (χ1) is 21.0. The highest BCUT2D eigenvalue weighted by atomic mass is 79.9. The van der Waals surface area contributed by atoms with Crippen molar-refractivity contribution in [2.24, 2.45) is 35.5 Å². The number of amides is 1. The summed E-state index contributed by atoms with van der Waals surface area (Å²) in [6.07, 6.45) is 13.5. The van der Waals surface area contributed by atoms with Gasteiger partial charge in [-0.3, -0.25) is 0 Å². The molecule has 0 bridgehead atoms. The fourth-order valence-electron chi connectivity index (χ4n) is 6.25. The van der Waals surface area contributed by atoms with Gasteiger partial charge < -0.3 is 24.7 Å². The highest BCUT2D eigenvalue weighted by Gasteiger charge is 2.44. The molecule has 0 aromatic carbocycles. The van der Waals surface area contributed by atoms with E-state index in [1.165, 1.54) is 25.7 Å². The maximum Gasteiger partial charge on any atom is 0.410 e. The summed E-state index contributed by atoms with van der Waals surface area (Å²) in [6.45, 7) is 10.1. The van der Waals surface area contributed by atoms with Crippen molar-refractivity contribution in [3.63, 3.8) is 0 Å². The second-order valence-electron chi connectivity index (χ2n) is 13.2. The van der Waals surface area contributed by atoms with Gasteiger partial charge in [0.1, 0.15) is 5.60 Å². The first-order valence-electron chi connectivity index (χ1n) is 15.5. The Morgan fingerprint density at radius 1 is 0.826 bits per heavy atom. The minimum Gasteiger partial charge on any atom is -0.444 e. The molecule has 0 unspecified atom stereocenters. The van der Waals surface area contributed by atoms with Crippen LogP contribution in [-0.4, -0.2) is 86.1 Å². The van der Waals surface area contributed by atoms with Crippen LogP contribution in [0.4, 0.5) is 10.7 Å². The number of hydrogen-bond acceptors (Lipinski definition) is 9. The van der Waals surface area contributed by atoms with Crippen molar-refractivity contribution in [1.82, 2.24) is 24.8 Å². The van der Waals surface area contributed by atoms with E-state index < -0.39 is 5.60 Å². The minimum atomic E-state index is -0.410. The number of carbonyl (C=O) groups is 1. The molecule has 4 heterocycles. The first kappa shape index (κ1) is 40.6. The molecule has 13 heteroatoms. The molecule has 2 saturated carbocycles. The van der Waals surface area contributed by atoms with Crippen LogP contribution in [0, 0.1) is 35.5 Å². The highest BCUT2D eigenvalue weighted by molar-refractivity contribution is 9.10. The number of halogens is 3. The molecule has 10 nitrogen and oxygen atoms in total. The predicted octanol–water partition coefficient (Wildman–Crippen LogP) is 7.51. The van der Waals surface area contributed by atoms with Gasteiger partial charge >= 0.3 is 6.09 Å². The molecule has 2 N–H and O–H groups in total. The van der Waals surface area contributed by atoms with Gasteiger partial charge in [0.05, 0.1) is 8.95 Å². The number of aromatic nitrogens is 4. The summed E-state index contributed by atoms with van der Waals surface area (Å²) < 4.78 is 7.13. The number of rotatable bonds is 5. The van der Waals surface area contributed by atoms with E-state index in [0.717, 1.165) is 65.8 Å². The largest absolute Gasteiger partial charge is 0.444 e. The smallest absolute Gasteiger partial charge is 0.410 e. The van der Waals surface area contributed by atoms with Crippen LogP contribution in [0.5, 0.6) is 0 Å². The highest BCUT2D eigenvalue weighted by Crippen LogP contribution is 2.48. The summed E-state index contributed by atoms with van der Waals surface area (Å²) >= 11 is 11.9. The Labute approximate surface area is 297 Å². The topological polar surface area (TPSA) is 125 Å². The Balaban J connectivity index is 0.000000251. The number of anilines is 1. The van der Waals surface area contributed by atoms with Crippen LogP contribution in [0.2, 0.25) is 5.28 Å². The summed E-state index contributed by atoms with van der Waals surface area (Å²) in [4.78, 5) is 32.0. The lowest BCUT2D eigenvalue weighted by Gasteiger charge is -2.33. The zero-order chi connectivity index (χ0) is 31.9. The molecule has 4 atom stereocenters.